The van der Waals surface area contributed by atoms with Gasteiger partial charge in [0.1, 0.15) is 5.82 Å². The van der Waals surface area contributed by atoms with Crippen molar-refractivity contribution in [3.05, 3.63) is 83.9 Å². The van der Waals surface area contributed by atoms with Crippen LogP contribution < -0.4 is 16.1 Å². The summed E-state index contributed by atoms with van der Waals surface area (Å²) in [5.74, 6) is -0.123. The summed E-state index contributed by atoms with van der Waals surface area (Å²) in [5, 5.41) is 24.5. The molecule has 0 radical (unpaired) electrons. The highest BCUT2D eigenvalue weighted by Gasteiger charge is 2.38. The van der Waals surface area contributed by atoms with Crippen molar-refractivity contribution in [3.8, 4) is 0 Å². The fourth-order valence-corrected chi connectivity index (χ4v) is 3.92. The number of piperidine rings is 1. The number of aliphatic hydroxyl groups excluding tert-OH is 1. The molecule has 1 aliphatic rings. The van der Waals surface area contributed by atoms with E-state index in [1.54, 1.807) is 22.5 Å². The number of carbonyl (C=O) groups excluding carboxylic acids is 1. The number of carbonyl (C=O) groups is 1. The zero-order valence-electron chi connectivity index (χ0n) is 17.8. The number of halogens is 1. The zero-order valence-corrected chi connectivity index (χ0v) is 17.8. The van der Waals surface area contributed by atoms with Crippen molar-refractivity contribution in [2.75, 3.05) is 23.7 Å². The summed E-state index contributed by atoms with van der Waals surface area (Å²) in [6, 6.07) is 15.6. The average molecular weight is 452 g/mol. The minimum absolute atomic E-state index is 0.147. The molecule has 3 aromatic rings. The number of urea groups is 1. The van der Waals surface area contributed by atoms with Crippen molar-refractivity contribution in [3.63, 3.8) is 0 Å². The Kier molecular flexibility index (Phi) is 6.78. The van der Waals surface area contributed by atoms with E-state index in [0.29, 0.717) is 37.4 Å². The Morgan fingerprint density at radius 2 is 1.67 bits per heavy atom. The summed E-state index contributed by atoms with van der Waals surface area (Å²) in [6.07, 6.45) is 2.71. The van der Waals surface area contributed by atoms with E-state index in [2.05, 4.69) is 20.6 Å². The van der Waals surface area contributed by atoms with Crippen LogP contribution in [0.3, 0.4) is 0 Å². The van der Waals surface area contributed by atoms with Gasteiger partial charge in [0.2, 0.25) is 5.95 Å². The first kappa shape index (κ1) is 22.6. The fourth-order valence-electron chi connectivity index (χ4n) is 3.92. The standard InChI is InChI=1S/C23H25FN6O3/c24-18-8-4-5-9-19(18)27-22(32)30-12-10-23(11-13-30,17-6-2-1-3-7-17)28-21-25-14-16(15-26-21)20(31)29-33/h1-9,14-15,20,29,31,33H,10-13H2,(H,27,32)(H,25,26,28). The second kappa shape index (κ2) is 9.90. The van der Waals surface area contributed by atoms with Crippen LogP contribution in [0.25, 0.3) is 0 Å². The van der Waals surface area contributed by atoms with Crippen LogP contribution in [0.5, 0.6) is 0 Å². The first-order valence-corrected chi connectivity index (χ1v) is 10.5. The molecule has 0 aliphatic carbocycles. The number of hydrogen-bond donors (Lipinski definition) is 5. The maximum atomic E-state index is 13.9. The number of para-hydroxylation sites is 1. The lowest BCUT2D eigenvalue weighted by Crippen LogP contribution is -2.50. The van der Waals surface area contributed by atoms with E-state index in [4.69, 9.17) is 5.21 Å². The molecule has 2 aromatic carbocycles. The Hall–Kier alpha value is -3.60. The normalized spacial score (nSPS) is 16.2. The van der Waals surface area contributed by atoms with Gasteiger partial charge in [-0.15, -0.1) is 0 Å². The van der Waals surface area contributed by atoms with Crippen LogP contribution in [-0.4, -0.2) is 44.3 Å². The molecular formula is C23H25FN6O3. The third-order valence-corrected chi connectivity index (χ3v) is 5.81. The zero-order chi connectivity index (χ0) is 23.3. The minimum Gasteiger partial charge on any atom is -0.372 e. The monoisotopic (exact) mass is 452 g/mol. The number of hydroxylamine groups is 1. The van der Waals surface area contributed by atoms with E-state index < -0.39 is 17.6 Å². The van der Waals surface area contributed by atoms with Gasteiger partial charge in [-0.05, 0) is 30.5 Å². The van der Waals surface area contributed by atoms with Crippen LogP contribution in [0.15, 0.2) is 67.0 Å². The summed E-state index contributed by atoms with van der Waals surface area (Å²) < 4.78 is 13.9. The fraction of sp³-hybridized carbons (Fsp3) is 0.261. The topological polar surface area (TPSA) is 123 Å². The highest BCUT2D eigenvalue weighted by Crippen LogP contribution is 2.36. The van der Waals surface area contributed by atoms with E-state index in [-0.39, 0.29) is 11.7 Å². The predicted molar refractivity (Wildman–Crippen MR) is 120 cm³/mol. The van der Waals surface area contributed by atoms with Crippen LogP contribution in [0.1, 0.15) is 30.2 Å². The smallest absolute Gasteiger partial charge is 0.321 e. The van der Waals surface area contributed by atoms with Gasteiger partial charge in [-0.3, -0.25) is 0 Å². The van der Waals surface area contributed by atoms with Crippen LogP contribution in [0.2, 0.25) is 0 Å². The van der Waals surface area contributed by atoms with Gasteiger partial charge >= 0.3 is 6.03 Å². The average Bonchev–Trinajstić information content (AvgIpc) is 2.86. The van der Waals surface area contributed by atoms with Crippen LogP contribution in [-0.2, 0) is 5.54 Å². The molecule has 2 heterocycles. The molecular weight excluding hydrogens is 427 g/mol. The molecule has 33 heavy (non-hydrogen) atoms. The van der Waals surface area contributed by atoms with Crippen molar-refractivity contribution < 1.29 is 19.5 Å². The van der Waals surface area contributed by atoms with Gasteiger partial charge in [-0.1, -0.05) is 42.5 Å². The van der Waals surface area contributed by atoms with E-state index in [9.17, 15) is 14.3 Å². The summed E-state index contributed by atoms with van der Waals surface area (Å²) >= 11 is 0. The molecule has 1 atom stereocenters. The Morgan fingerprint density at radius 1 is 1.03 bits per heavy atom. The number of aliphatic hydroxyl groups is 1. The molecule has 172 valence electrons. The first-order valence-electron chi connectivity index (χ1n) is 10.5. The largest absolute Gasteiger partial charge is 0.372 e. The Bertz CT molecular complexity index is 1080. The molecule has 1 fully saturated rings. The van der Waals surface area contributed by atoms with Gasteiger partial charge < -0.3 is 25.8 Å². The second-order valence-electron chi connectivity index (χ2n) is 7.84. The van der Waals surface area contributed by atoms with E-state index in [1.165, 1.54) is 24.5 Å². The van der Waals surface area contributed by atoms with Gasteiger partial charge in [-0.2, -0.15) is 5.48 Å². The number of anilines is 2. The Balaban J connectivity index is 1.50. The number of aromatic nitrogens is 2. The molecule has 1 aliphatic heterocycles. The van der Waals surface area contributed by atoms with E-state index in [1.807, 2.05) is 30.3 Å². The van der Waals surface area contributed by atoms with Crippen LogP contribution >= 0.6 is 0 Å². The van der Waals surface area contributed by atoms with Gasteiger partial charge in [-0.25, -0.2) is 19.2 Å². The molecule has 2 amide bonds. The summed E-state index contributed by atoms with van der Waals surface area (Å²) in [7, 11) is 0. The van der Waals surface area contributed by atoms with Gasteiger partial charge in [0.25, 0.3) is 0 Å². The van der Waals surface area contributed by atoms with E-state index >= 15 is 0 Å². The van der Waals surface area contributed by atoms with Crippen molar-refractivity contribution in [2.45, 2.75) is 24.6 Å². The van der Waals surface area contributed by atoms with Crippen molar-refractivity contribution >= 4 is 17.7 Å². The molecule has 0 saturated carbocycles. The molecule has 10 heteroatoms. The van der Waals surface area contributed by atoms with Crippen molar-refractivity contribution in [1.29, 1.82) is 0 Å². The molecule has 0 spiro atoms. The second-order valence-corrected chi connectivity index (χ2v) is 7.84. The van der Waals surface area contributed by atoms with Gasteiger partial charge in [0.05, 0.1) is 11.2 Å². The van der Waals surface area contributed by atoms with Crippen molar-refractivity contribution in [2.24, 2.45) is 0 Å². The third kappa shape index (κ3) is 5.08. The highest BCUT2D eigenvalue weighted by atomic mass is 19.1. The molecule has 1 saturated heterocycles. The molecule has 0 bridgehead atoms. The quantitative estimate of drug-likeness (QED) is 0.287. The molecule has 5 N–H and O–H groups in total. The summed E-state index contributed by atoms with van der Waals surface area (Å²) in [4.78, 5) is 22.9. The van der Waals surface area contributed by atoms with E-state index in [0.717, 1.165) is 5.56 Å². The number of amides is 2. The summed E-state index contributed by atoms with van der Waals surface area (Å²) in [5.41, 5.74) is 2.71. The maximum absolute atomic E-state index is 13.9. The van der Waals surface area contributed by atoms with Gasteiger partial charge in [0, 0.05) is 31.0 Å². The molecule has 1 unspecified atom stereocenters. The number of rotatable bonds is 6. The van der Waals surface area contributed by atoms with Crippen LogP contribution in [0.4, 0.5) is 20.8 Å². The molecule has 9 nitrogen and oxygen atoms in total. The summed E-state index contributed by atoms with van der Waals surface area (Å²) in [6.45, 7) is 0.876. The molecule has 4 rings (SSSR count). The number of nitrogens with zero attached hydrogens (tertiary/aromatic N) is 3. The van der Waals surface area contributed by atoms with Crippen LogP contribution in [0, 0.1) is 5.82 Å². The number of likely N-dealkylation sites (tertiary alicyclic amines) is 1. The maximum Gasteiger partial charge on any atom is 0.321 e. The SMILES string of the molecule is O=C(Nc1ccccc1F)N1CCC(Nc2ncc(C(O)NO)cn2)(c2ccccc2)CC1. The lowest BCUT2D eigenvalue weighted by atomic mass is 9.81. The number of nitrogens with one attached hydrogen (secondary N) is 3. The number of benzene rings is 2. The lowest BCUT2D eigenvalue weighted by Gasteiger charge is -2.42. The number of hydrogen-bond acceptors (Lipinski definition) is 7. The molecule has 1 aromatic heterocycles. The van der Waals surface area contributed by atoms with Gasteiger partial charge in [0.15, 0.2) is 6.23 Å². The predicted octanol–water partition coefficient (Wildman–Crippen LogP) is 3.22. The highest BCUT2D eigenvalue weighted by molar-refractivity contribution is 5.89. The van der Waals surface area contributed by atoms with Crippen molar-refractivity contribution in [1.82, 2.24) is 20.3 Å². The minimum atomic E-state index is -1.28. The first-order chi connectivity index (χ1) is 16.0. The third-order valence-electron chi connectivity index (χ3n) is 5.81. The lowest BCUT2D eigenvalue weighted by molar-refractivity contribution is 0.000311. The Labute approximate surface area is 190 Å². The Morgan fingerprint density at radius 3 is 2.30 bits per heavy atom.